The molecule has 0 amide bonds. The van der Waals surface area contributed by atoms with Crippen molar-refractivity contribution in [1.29, 1.82) is 0 Å². The monoisotopic (exact) mass is 731 g/mol. The molecule has 0 N–H and O–H groups in total. The highest BCUT2D eigenvalue weighted by Gasteiger charge is 2.43. The van der Waals surface area contributed by atoms with Crippen LogP contribution in [0.5, 0.6) is 0 Å². The molecule has 3 aromatic heterocycles. The second kappa shape index (κ2) is 12.5. The molecule has 0 fully saturated rings. The summed E-state index contributed by atoms with van der Waals surface area (Å²) in [5.41, 5.74) is 11.8. The lowest BCUT2D eigenvalue weighted by Crippen LogP contribution is -2.30. The van der Waals surface area contributed by atoms with Crippen LogP contribution in [0.1, 0.15) is 22.8 Å². The van der Waals surface area contributed by atoms with E-state index >= 15 is 0 Å². The number of benzene rings is 7. The number of nitrogens with zero attached hydrogens (tertiary/aromatic N) is 5. The Morgan fingerprint density at radius 2 is 1.12 bits per heavy atom. The summed E-state index contributed by atoms with van der Waals surface area (Å²) < 4.78 is 8.89. The van der Waals surface area contributed by atoms with Crippen LogP contribution >= 0.6 is 0 Å². The van der Waals surface area contributed by atoms with Gasteiger partial charge < -0.3 is 9.32 Å². The fraction of sp³-hybridized carbons (Fsp3) is 0.0392. The largest absolute Gasteiger partial charge is 0.456 e. The van der Waals surface area contributed by atoms with Crippen molar-refractivity contribution in [1.82, 2.24) is 19.5 Å². The van der Waals surface area contributed by atoms with Gasteiger partial charge in [-0.05, 0) is 65.2 Å². The van der Waals surface area contributed by atoms with Crippen LogP contribution in [-0.4, -0.2) is 25.6 Å². The maximum Gasteiger partial charge on any atom is 0.238 e. The smallest absolute Gasteiger partial charge is 0.238 e. The summed E-state index contributed by atoms with van der Waals surface area (Å²) in [6, 6.07) is 61.7. The van der Waals surface area contributed by atoms with Crippen LogP contribution in [0.2, 0.25) is 0 Å². The summed E-state index contributed by atoms with van der Waals surface area (Å²) in [4.78, 5) is 18.1. The van der Waals surface area contributed by atoms with Crippen LogP contribution in [0.15, 0.2) is 186 Å². The molecule has 0 saturated heterocycles. The molecule has 0 saturated carbocycles. The van der Waals surface area contributed by atoms with Crippen molar-refractivity contribution < 1.29 is 4.42 Å². The van der Waals surface area contributed by atoms with Crippen molar-refractivity contribution in [2.45, 2.75) is 12.0 Å². The number of hydrogen-bond acceptors (Lipinski definition) is 5. The molecule has 0 spiro atoms. The van der Waals surface area contributed by atoms with Gasteiger partial charge in [0.1, 0.15) is 11.3 Å². The van der Waals surface area contributed by atoms with Gasteiger partial charge in [-0.1, -0.05) is 140 Å². The lowest BCUT2D eigenvalue weighted by molar-refractivity contribution is 0.584. The van der Waals surface area contributed by atoms with Crippen molar-refractivity contribution in [3.63, 3.8) is 0 Å². The molecule has 10 aromatic rings. The van der Waals surface area contributed by atoms with Gasteiger partial charge in [0, 0.05) is 50.1 Å². The summed E-state index contributed by atoms with van der Waals surface area (Å²) >= 11 is 0. The Hall–Kier alpha value is -7.57. The van der Waals surface area contributed by atoms with E-state index < -0.39 is 0 Å². The molecule has 12 rings (SSSR count). The molecule has 0 radical (unpaired) electrons. The Morgan fingerprint density at radius 3 is 1.89 bits per heavy atom. The van der Waals surface area contributed by atoms with Gasteiger partial charge in [0.15, 0.2) is 11.6 Å². The summed E-state index contributed by atoms with van der Waals surface area (Å²) in [6.45, 7) is 0. The average molecular weight is 732 g/mol. The first kappa shape index (κ1) is 31.7. The van der Waals surface area contributed by atoms with Gasteiger partial charge in [-0.25, -0.2) is 4.98 Å². The number of aromatic nitrogens is 4. The minimum absolute atomic E-state index is 0.121. The zero-order valence-corrected chi connectivity index (χ0v) is 30.7. The van der Waals surface area contributed by atoms with E-state index in [9.17, 15) is 0 Å². The molecule has 57 heavy (non-hydrogen) atoms. The Labute approximate surface area is 328 Å². The molecule has 1 aliphatic carbocycles. The van der Waals surface area contributed by atoms with E-state index in [1.165, 1.54) is 22.5 Å². The molecule has 6 heteroatoms. The van der Waals surface area contributed by atoms with E-state index in [1.54, 1.807) is 0 Å². The topological polar surface area (TPSA) is 60.0 Å². The average Bonchev–Trinajstić information content (AvgIpc) is 3.94. The van der Waals surface area contributed by atoms with E-state index in [4.69, 9.17) is 19.4 Å². The summed E-state index contributed by atoms with van der Waals surface area (Å²) in [5.74, 6) is 2.76. The maximum absolute atomic E-state index is 6.73. The van der Waals surface area contributed by atoms with E-state index in [-0.39, 0.29) is 12.0 Å². The van der Waals surface area contributed by atoms with Crippen molar-refractivity contribution >= 4 is 50.2 Å². The Balaban J connectivity index is 1.03. The maximum atomic E-state index is 6.73. The highest BCUT2D eigenvalue weighted by atomic mass is 16.3. The molecule has 1 aliphatic heterocycles. The van der Waals surface area contributed by atoms with Crippen LogP contribution in [0, 0.1) is 0 Å². The van der Waals surface area contributed by atoms with Gasteiger partial charge >= 0.3 is 0 Å². The first-order chi connectivity index (χ1) is 28.3. The van der Waals surface area contributed by atoms with Gasteiger partial charge in [-0.3, -0.25) is 4.57 Å². The molecular formula is C51H33N5O. The van der Waals surface area contributed by atoms with E-state index in [0.717, 1.165) is 60.8 Å². The van der Waals surface area contributed by atoms with Crippen LogP contribution < -0.4 is 4.90 Å². The molecule has 4 heterocycles. The first-order valence-electron chi connectivity index (χ1n) is 19.4. The Kier molecular flexibility index (Phi) is 6.95. The SMILES string of the molecule is C1=CC2C(c3ccccc3N2c2ccccc2)c2c1oc1cc(-c3nc(-c4cccc(-c5ccccc5)c4)nc(-n4c5ccccc5c5ccccc54)n3)ccc21. The minimum atomic E-state index is 0.121. The van der Waals surface area contributed by atoms with Crippen molar-refractivity contribution in [2.75, 3.05) is 4.90 Å². The van der Waals surface area contributed by atoms with Crippen molar-refractivity contribution in [3.8, 4) is 39.9 Å². The van der Waals surface area contributed by atoms with Crippen LogP contribution in [0.25, 0.3) is 78.7 Å². The van der Waals surface area contributed by atoms with E-state index in [0.29, 0.717) is 17.6 Å². The molecular weight excluding hydrogens is 699 g/mol. The lowest BCUT2D eigenvalue weighted by atomic mass is 9.82. The summed E-state index contributed by atoms with van der Waals surface area (Å²) in [5, 5.41) is 3.40. The van der Waals surface area contributed by atoms with Crippen LogP contribution in [0.3, 0.4) is 0 Å². The second-order valence-corrected chi connectivity index (χ2v) is 14.8. The Bertz CT molecular complexity index is 3160. The molecule has 2 unspecified atom stereocenters. The molecule has 6 nitrogen and oxygen atoms in total. The van der Waals surface area contributed by atoms with Gasteiger partial charge in [-0.2, -0.15) is 9.97 Å². The quantitative estimate of drug-likeness (QED) is 0.176. The fourth-order valence-corrected chi connectivity index (χ4v) is 9.12. The molecule has 2 aliphatic rings. The van der Waals surface area contributed by atoms with Crippen LogP contribution in [0.4, 0.5) is 11.4 Å². The molecule has 2 atom stereocenters. The number of rotatable bonds is 5. The number of para-hydroxylation sites is 4. The van der Waals surface area contributed by atoms with Gasteiger partial charge in [0.05, 0.1) is 17.1 Å². The number of hydrogen-bond donors (Lipinski definition) is 0. The summed E-state index contributed by atoms with van der Waals surface area (Å²) in [7, 11) is 0. The molecule has 7 aromatic carbocycles. The van der Waals surface area contributed by atoms with Crippen LogP contribution in [-0.2, 0) is 0 Å². The zero-order valence-electron chi connectivity index (χ0n) is 30.7. The second-order valence-electron chi connectivity index (χ2n) is 14.8. The van der Waals surface area contributed by atoms with E-state index in [2.05, 4.69) is 191 Å². The van der Waals surface area contributed by atoms with Gasteiger partial charge in [0.2, 0.25) is 5.95 Å². The predicted molar refractivity (Wildman–Crippen MR) is 230 cm³/mol. The third kappa shape index (κ3) is 4.94. The number of furan rings is 1. The van der Waals surface area contributed by atoms with Crippen molar-refractivity contribution in [3.05, 3.63) is 199 Å². The normalized spacial score (nSPS) is 15.6. The highest BCUT2D eigenvalue weighted by molar-refractivity contribution is 6.09. The third-order valence-corrected chi connectivity index (χ3v) is 11.6. The predicted octanol–water partition coefficient (Wildman–Crippen LogP) is 12.4. The summed E-state index contributed by atoms with van der Waals surface area (Å²) in [6.07, 6.45) is 4.45. The van der Waals surface area contributed by atoms with E-state index in [1.807, 2.05) is 6.07 Å². The highest BCUT2D eigenvalue weighted by Crippen LogP contribution is 2.53. The zero-order chi connectivity index (χ0) is 37.5. The minimum Gasteiger partial charge on any atom is -0.456 e. The third-order valence-electron chi connectivity index (χ3n) is 11.6. The fourth-order valence-electron chi connectivity index (χ4n) is 9.12. The lowest BCUT2D eigenvalue weighted by Gasteiger charge is -2.30. The molecule has 0 bridgehead atoms. The number of fused-ring (bicyclic) bond motifs is 10. The van der Waals surface area contributed by atoms with Gasteiger partial charge in [0.25, 0.3) is 0 Å². The molecule has 268 valence electrons. The standard InChI is InChI=1S/C51H33N5O/c1-3-14-32(15-4-1)33-16-13-17-34(30-33)49-52-50(54-51(53-49)56-41-23-10-7-20-37(41)38-21-8-11-24-42(38)56)35-26-27-40-46(31-35)57-45-29-28-44-47(48(40)45)39-22-9-12-25-43(39)55(44)36-18-5-2-6-19-36/h1-31,44,47H. The number of anilines is 2. The van der Waals surface area contributed by atoms with Gasteiger partial charge in [-0.15, -0.1) is 0 Å². The van der Waals surface area contributed by atoms with Crippen molar-refractivity contribution in [2.24, 2.45) is 0 Å². The first-order valence-corrected chi connectivity index (χ1v) is 19.4. The Morgan fingerprint density at radius 1 is 0.491 bits per heavy atom.